The number of amides is 1. The highest BCUT2D eigenvalue weighted by atomic mass is 35.6. The van der Waals surface area contributed by atoms with Gasteiger partial charge in [0.25, 0.3) is 0 Å². The highest BCUT2D eigenvalue weighted by Gasteiger charge is 2.42. The smallest absolute Gasteiger partial charge is 0.228 e. The number of alkyl halides is 3. The lowest BCUT2D eigenvalue weighted by molar-refractivity contribution is -0.122. The van der Waals surface area contributed by atoms with Crippen molar-refractivity contribution < 1.29 is 4.79 Å². The van der Waals surface area contributed by atoms with Gasteiger partial charge in [-0.1, -0.05) is 88.9 Å². The summed E-state index contributed by atoms with van der Waals surface area (Å²) in [6.45, 7) is 1.24. The summed E-state index contributed by atoms with van der Waals surface area (Å²) in [5.74, 6) is -0.215. The zero-order valence-corrected chi connectivity index (χ0v) is 19.9. The number of thiocarbonyl (C=S) groups is 1. The molecule has 1 saturated heterocycles. The van der Waals surface area contributed by atoms with E-state index in [1.807, 2.05) is 53.4 Å². The van der Waals surface area contributed by atoms with E-state index in [1.54, 1.807) is 11.0 Å². The lowest BCUT2D eigenvalue weighted by Gasteiger charge is -2.44. The summed E-state index contributed by atoms with van der Waals surface area (Å²) in [5.41, 5.74) is 1.85. The van der Waals surface area contributed by atoms with Gasteiger partial charge < -0.3 is 15.1 Å². The lowest BCUT2D eigenvalue weighted by Crippen LogP contribution is -2.62. The zero-order chi connectivity index (χ0) is 21.7. The average Bonchev–Trinajstić information content (AvgIpc) is 2.72. The Balaban J connectivity index is 1.73. The molecule has 2 aromatic rings. The number of nitrogens with one attached hydrogen (secondary N) is 1. The second-order valence-electron chi connectivity index (χ2n) is 6.93. The van der Waals surface area contributed by atoms with E-state index in [0.717, 1.165) is 17.7 Å². The predicted octanol–water partition coefficient (Wildman–Crippen LogP) is 5.58. The maximum Gasteiger partial charge on any atom is 0.228 e. The Bertz CT molecular complexity index is 891. The number of benzene rings is 2. The quantitative estimate of drug-likeness (QED) is 0.411. The molecular weight excluding hydrogens is 484 g/mol. The van der Waals surface area contributed by atoms with Crippen molar-refractivity contribution >= 4 is 75.3 Å². The molecule has 1 N–H and O–H groups in total. The van der Waals surface area contributed by atoms with E-state index in [0.29, 0.717) is 29.6 Å². The predicted molar refractivity (Wildman–Crippen MR) is 130 cm³/mol. The molecule has 0 saturated carbocycles. The topological polar surface area (TPSA) is 35.6 Å². The number of halogens is 4. The number of para-hydroxylation sites is 1. The molecular formula is C21H21Cl4N3OS. The molecule has 1 unspecified atom stereocenters. The van der Waals surface area contributed by atoms with Gasteiger partial charge in [-0.15, -0.1) is 0 Å². The summed E-state index contributed by atoms with van der Waals surface area (Å²) in [6.07, 6.45) is 0.733. The van der Waals surface area contributed by atoms with Gasteiger partial charge in [-0.25, -0.2) is 0 Å². The Hall–Kier alpha value is -1.24. The Morgan fingerprint density at radius 3 is 2.40 bits per heavy atom. The second kappa shape index (κ2) is 10.4. The van der Waals surface area contributed by atoms with Crippen LogP contribution in [0.15, 0.2) is 54.6 Å². The molecule has 1 atom stereocenters. The van der Waals surface area contributed by atoms with Crippen LogP contribution in [0, 0.1) is 0 Å². The molecule has 4 nitrogen and oxygen atoms in total. The highest BCUT2D eigenvalue weighted by molar-refractivity contribution is 7.80. The molecule has 1 fully saturated rings. The molecule has 3 rings (SSSR count). The third kappa shape index (κ3) is 5.92. The zero-order valence-electron chi connectivity index (χ0n) is 16.0. The molecule has 0 aliphatic carbocycles. The Morgan fingerprint density at radius 1 is 1.07 bits per heavy atom. The van der Waals surface area contributed by atoms with Crippen LogP contribution in [-0.2, 0) is 11.2 Å². The van der Waals surface area contributed by atoms with Crippen molar-refractivity contribution in [2.45, 2.75) is 29.2 Å². The fourth-order valence-electron chi connectivity index (χ4n) is 3.34. The van der Waals surface area contributed by atoms with Crippen LogP contribution in [0.2, 0.25) is 5.02 Å². The second-order valence-corrected chi connectivity index (χ2v) is 10.1. The first-order valence-electron chi connectivity index (χ1n) is 9.50. The number of anilines is 1. The minimum absolute atomic E-state index is 0.215. The summed E-state index contributed by atoms with van der Waals surface area (Å²) < 4.78 is -1.77. The number of carbonyl (C=O) groups is 1. The van der Waals surface area contributed by atoms with Crippen molar-refractivity contribution in [3.63, 3.8) is 0 Å². The molecule has 0 aromatic heterocycles. The number of rotatable bonds is 6. The van der Waals surface area contributed by atoms with Crippen LogP contribution in [0.3, 0.4) is 0 Å². The first-order valence-corrected chi connectivity index (χ1v) is 11.4. The maximum atomic E-state index is 12.6. The van der Waals surface area contributed by atoms with Crippen molar-refractivity contribution in [3.8, 4) is 0 Å². The van der Waals surface area contributed by atoms with Gasteiger partial charge >= 0.3 is 0 Å². The van der Waals surface area contributed by atoms with E-state index < -0.39 is 9.96 Å². The van der Waals surface area contributed by atoms with Gasteiger partial charge in [0.1, 0.15) is 0 Å². The molecule has 9 heteroatoms. The number of aryl methyl sites for hydroxylation is 1. The van der Waals surface area contributed by atoms with Crippen molar-refractivity contribution in [1.29, 1.82) is 0 Å². The van der Waals surface area contributed by atoms with E-state index in [1.165, 1.54) is 0 Å². The third-order valence-corrected chi connectivity index (χ3v) is 6.20. The largest absolute Gasteiger partial charge is 0.332 e. The van der Waals surface area contributed by atoms with E-state index in [4.69, 9.17) is 58.6 Å². The first-order chi connectivity index (χ1) is 14.3. The molecule has 0 spiro atoms. The van der Waals surface area contributed by atoms with Gasteiger partial charge in [0.05, 0.1) is 10.7 Å². The van der Waals surface area contributed by atoms with Gasteiger partial charge in [0.2, 0.25) is 9.70 Å². The molecule has 160 valence electrons. The summed E-state index contributed by atoms with van der Waals surface area (Å²) in [4.78, 5) is 16.3. The molecule has 2 aromatic carbocycles. The fourth-order valence-corrected chi connectivity index (χ4v) is 4.48. The molecule has 0 radical (unpaired) electrons. The van der Waals surface area contributed by atoms with E-state index in [-0.39, 0.29) is 12.3 Å². The van der Waals surface area contributed by atoms with Crippen molar-refractivity contribution in [2.75, 3.05) is 18.0 Å². The molecule has 1 aliphatic rings. The van der Waals surface area contributed by atoms with Crippen molar-refractivity contribution in [3.05, 3.63) is 65.2 Å². The minimum Gasteiger partial charge on any atom is -0.332 e. The standard InChI is InChI=1S/C21H21Cl4N3OS/c22-16-9-4-5-10-17(16)27-13-6-14-28(20(27)30)19(21(23,24)25)26-18(29)12-11-15-7-2-1-3-8-15/h1-5,7-10,19H,6,11-14H2,(H,26,29). The third-order valence-electron chi connectivity index (χ3n) is 4.80. The van der Waals surface area contributed by atoms with Crippen LogP contribution in [-0.4, -0.2) is 39.0 Å². The summed E-state index contributed by atoms with van der Waals surface area (Å²) in [7, 11) is 0. The minimum atomic E-state index is -1.77. The number of hydrogen-bond donors (Lipinski definition) is 1. The normalized spacial score (nSPS) is 15.8. The maximum absolute atomic E-state index is 12.6. The molecule has 1 amide bonds. The van der Waals surface area contributed by atoms with Crippen LogP contribution in [0.4, 0.5) is 5.69 Å². The van der Waals surface area contributed by atoms with Crippen molar-refractivity contribution in [1.82, 2.24) is 10.2 Å². The van der Waals surface area contributed by atoms with E-state index in [9.17, 15) is 4.79 Å². The highest BCUT2D eigenvalue weighted by Crippen LogP contribution is 2.35. The van der Waals surface area contributed by atoms with Gasteiger partial charge in [0, 0.05) is 19.5 Å². The van der Waals surface area contributed by atoms with Crippen LogP contribution < -0.4 is 10.2 Å². The van der Waals surface area contributed by atoms with E-state index in [2.05, 4.69) is 5.32 Å². The SMILES string of the molecule is O=C(CCc1ccccc1)NC(N1CCCN(c2ccccc2Cl)C1=S)C(Cl)(Cl)Cl. The van der Waals surface area contributed by atoms with E-state index >= 15 is 0 Å². The molecule has 0 bridgehead atoms. The van der Waals surface area contributed by atoms with Gasteiger partial charge in [-0.05, 0) is 42.8 Å². The fraction of sp³-hybridized carbons (Fsp3) is 0.333. The summed E-state index contributed by atoms with van der Waals surface area (Å²) in [6, 6.07) is 17.2. The number of carbonyl (C=O) groups excluding carboxylic acids is 1. The van der Waals surface area contributed by atoms with Crippen molar-refractivity contribution in [2.24, 2.45) is 0 Å². The number of nitrogens with zero attached hydrogens (tertiary/aromatic N) is 2. The van der Waals surface area contributed by atoms with Gasteiger partial charge in [0.15, 0.2) is 11.3 Å². The summed E-state index contributed by atoms with van der Waals surface area (Å²) in [5, 5.41) is 3.89. The first kappa shape index (κ1) is 23.4. The van der Waals surface area contributed by atoms with Gasteiger partial charge in [-0.3, -0.25) is 4.79 Å². The number of hydrogen-bond acceptors (Lipinski definition) is 2. The lowest BCUT2D eigenvalue weighted by atomic mass is 10.1. The van der Waals surface area contributed by atoms with Crippen LogP contribution in [0.25, 0.3) is 0 Å². The van der Waals surface area contributed by atoms with Crippen LogP contribution in [0.5, 0.6) is 0 Å². The molecule has 1 aliphatic heterocycles. The van der Waals surface area contributed by atoms with Crippen LogP contribution in [0.1, 0.15) is 18.4 Å². The Kier molecular flexibility index (Phi) is 8.11. The Morgan fingerprint density at radius 2 is 1.73 bits per heavy atom. The summed E-state index contributed by atoms with van der Waals surface area (Å²) >= 11 is 30.8. The van der Waals surface area contributed by atoms with Crippen LogP contribution >= 0.6 is 58.6 Å². The molecule has 1 heterocycles. The Labute approximate surface area is 202 Å². The average molecular weight is 505 g/mol. The van der Waals surface area contributed by atoms with Gasteiger partial charge in [-0.2, -0.15) is 0 Å². The molecule has 30 heavy (non-hydrogen) atoms. The monoisotopic (exact) mass is 503 g/mol.